The monoisotopic (exact) mass is 214 g/mol. The van der Waals surface area contributed by atoms with E-state index in [-0.39, 0.29) is 6.61 Å². The van der Waals surface area contributed by atoms with Crippen molar-refractivity contribution in [2.75, 3.05) is 20.8 Å². The second kappa shape index (κ2) is 4.30. The molecular formula is C10H18N2O3. The van der Waals surface area contributed by atoms with Gasteiger partial charge in [0.15, 0.2) is 5.72 Å². The van der Waals surface area contributed by atoms with Crippen molar-refractivity contribution in [1.29, 1.82) is 0 Å². The number of nitrogens with zero attached hydrogens (tertiary/aromatic N) is 1. The van der Waals surface area contributed by atoms with Gasteiger partial charge < -0.3 is 19.9 Å². The molecule has 0 aromatic rings. The molecule has 0 saturated heterocycles. The highest BCUT2D eigenvalue weighted by molar-refractivity contribution is 5.91. The topological polar surface area (TPSA) is 63.1 Å². The molecule has 0 aromatic heterocycles. The van der Waals surface area contributed by atoms with E-state index in [1.54, 1.807) is 26.3 Å². The number of hydrogen-bond acceptors (Lipinski definition) is 5. The average molecular weight is 214 g/mol. The Morgan fingerprint density at radius 1 is 1.60 bits per heavy atom. The third kappa shape index (κ3) is 2.77. The predicted molar refractivity (Wildman–Crippen MR) is 57.6 cm³/mol. The van der Waals surface area contributed by atoms with E-state index in [2.05, 4.69) is 10.3 Å². The van der Waals surface area contributed by atoms with Crippen LogP contribution in [0.4, 0.5) is 0 Å². The Hall–Kier alpha value is -0.910. The molecular weight excluding hydrogens is 196 g/mol. The quantitative estimate of drug-likeness (QED) is 0.704. The van der Waals surface area contributed by atoms with Crippen molar-refractivity contribution in [2.24, 2.45) is 4.99 Å². The smallest absolute Gasteiger partial charge is 0.178 e. The van der Waals surface area contributed by atoms with Crippen LogP contribution in [0.2, 0.25) is 0 Å². The lowest BCUT2D eigenvalue weighted by Gasteiger charge is -2.31. The van der Waals surface area contributed by atoms with Crippen molar-refractivity contribution in [2.45, 2.75) is 25.2 Å². The summed E-state index contributed by atoms with van der Waals surface area (Å²) in [4.78, 5) is 4.29. The standard InChI is InChI=1S/C10H18N2O3/c1-9(13,7-14-3)8-11-6-5-10(2,12-8)15-4/h5-6,13H,7H2,1-4H3,(H,11,12). The maximum Gasteiger partial charge on any atom is 0.178 e. The van der Waals surface area contributed by atoms with E-state index in [0.29, 0.717) is 5.84 Å². The maximum absolute atomic E-state index is 10.1. The first-order valence-electron chi connectivity index (χ1n) is 4.74. The minimum atomic E-state index is -1.14. The van der Waals surface area contributed by atoms with Gasteiger partial charge in [-0.15, -0.1) is 0 Å². The van der Waals surface area contributed by atoms with Crippen molar-refractivity contribution in [3.05, 3.63) is 12.3 Å². The summed E-state index contributed by atoms with van der Waals surface area (Å²) < 4.78 is 10.1. The van der Waals surface area contributed by atoms with Crippen molar-refractivity contribution >= 4 is 5.84 Å². The van der Waals surface area contributed by atoms with E-state index in [1.807, 2.05) is 6.92 Å². The molecule has 2 unspecified atom stereocenters. The van der Waals surface area contributed by atoms with Gasteiger partial charge in [0.25, 0.3) is 0 Å². The van der Waals surface area contributed by atoms with Crippen LogP contribution >= 0.6 is 0 Å². The Bertz CT molecular complexity index is 286. The van der Waals surface area contributed by atoms with E-state index < -0.39 is 11.3 Å². The second-order valence-corrected chi connectivity index (χ2v) is 3.90. The van der Waals surface area contributed by atoms with Crippen LogP contribution in [0, 0.1) is 0 Å². The van der Waals surface area contributed by atoms with Crippen molar-refractivity contribution in [1.82, 2.24) is 5.32 Å². The summed E-state index contributed by atoms with van der Waals surface area (Å²) in [7, 11) is 3.10. The van der Waals surface area contributed by atoms with Gasteiger partial charge >= 0.3 is 0 Å². The molecule has 5 heteroatoms. The first kappa shape index (κ1) is 12.2. The molecule has 1 aliphatic rings. The molecule has 0 aliphatic carbocycles. The molecule has 0 saturated carbocycles. The van der Waals surface area contributed by atoms with Crippen LogP contribution in [-0.2, 0) is 9.47 Å². The summed E-state index contributed by atoms with van der Waals surface area (Å²) >= 11 is 0. The zero-order valence-corrected chi connectivity index (χ0v) is 9.57. The van der Waals surface area contributed by atoms with E-state index in [1.165, 1.54) is 7.11 Å². The maximum atomic E-state index is 10.1. The third-order valence-corrected chi connectivity index (χ3v) is 2.30. The zero-order chi connectivity index (χ0) is 11.5. The van der Waals surface area contributed by atoms with Crippen LogP contribution in [0.15, 0.2) is 17.3 Å². The number of methoxy groups -OCH3 is 2. The van der Waals surface area contributed by atoms with Crippen LogP contribution < -0.4 is 5.32 Å². The van der Waals surface area contributed by atoms with Crippen molar-refractivity contribution in [3.8, 4) is 0 Å². The lowest BCUT2D eigenvalue weighted by molar-refractivity contribution is 0.0236. The van der Waals surface area contributed by atoms with Crippen LogP contribution in [0.1, 0.15) is 13.8 Å². The van der Waals surface area contributed by atoms with Crippen molar-refractivity contribution in [3.63, 3.8) is 0 Å². The molecule has 0 fully saturated rings. The normalized spacial score (nSPS) is 29.3. The molecule has 0 amide bonds. The van der Waals surface area contributed by atoms with E-state index in [9.17, 15) is 5.11 Å². The highest BCUT2D eigenvalue weighted by Gasteiger charge is 2.33. The molecule has 0 aromatic carbocycles. The van der Waals surface area contributed by atoms with Gasteiger partial charge in [0, 0.05) is 20.4 Å². The molecule has 1 heterocycles. The number of rotatable bonds is 4. The summed E-state index contributed by atoms with van der Waals surface area (Å²) in [6, 6.07) is 0. The number of hydrogen-bond donors (Lipinski definition) is 2. The lowest BCUT2D eigenvalue weighted by atomic mass is 10.1. The molecule has 0 radical (unpaired) electrons. The van der Waals surface area contributed by atoms with Gasteiger partial charge in [-0.3, -0.25) is 0 Å². The van der Waals surface area contributed by atoms with Gasteiger partial charge in [0.2, 0.25) is 0 Å². The molecule has 2 atom stereocenters. The molecule has 0 spiro atoms. The van der Waals surface area contributed by atoms with Gasteiger partial charge in [-0.1, -0.05) is 0 Å². The fraction of sp³-hybridized carbons (Fsp3) is 0.700. The van der Waals surface area contributed by atoms with Gasteiger partial charge in [-0.25, -0.2) is 4.99 Å². The Morgan fingerprint density at radius 2 is 2.27 bits per heavy atom. The van der Waals surface area contributed by atoms with Crippen LogP contribution in [0.3, 0.4) is 0 Å². The Morgan fingerprint density at radius 3 is 2.80 bits per heavy atom. The molecule has 2 N–H and O–H groups in total. The number of aliphatic hydroxyl groups is 1. The molecule has 1 aliphatic heterocycles. The Labute approximate surface area is 89.8 Å². The zero-order valence-electron chi connectivity index (χ0n) is 9.57. The summed E-state index contributed by atoms with van der Waals surface area (Å²) in [5.74, 6) is 0.441. The molecule has 5 nitrogen and oxygen atoms in total. The largest absolute Gasteiger partial charge is 0.381 e. The Kier molecular flexibility index (Phi) is 3.49. The van der Waals surface area contributed by atoms with Gasteiger partial charge in [0.05, 0.1) is 6.61 Å². The summed E-state index contributed by atoms with van der Waals surface area (Å²) in [6.45, 7) is 3.62. The fourth-order valence-electron chi connectivity index (χ4n) is 1.31. The SMILES string of the molecule is COCC(C)(O)C1=NC(C)(OC)C=CN1. The number of aliphatic imine (C=N–C) groups is 1. The van der Waals surface area contributed by atoms with Gasteiger partial charge in [-0.05, 0) is 19.9 Å². The average Bonchev–Trinajstić information content (AvgIpc) is 2.18. The van der Waals surface area contributed by atoms with Crippen LogP contribution in [0.5, 0.6) is 0 Å². The number of nitrogens with one attached hydrogen (secondary N) is 1. The molecule has 15 heavy (non-hydrogen) atoms. The molecule has 1 rings (SSSR count). The predicted octanol–water partition coefficient (Wildman–Crippen LogP) is 0.262. The highest BCUT2D eigenvalue weighted by Crippen LogP contribution is 2.19. The highest BCUT2D eigenvalue weighted by atomic mass is 16.5. The number of amidine groups is 1. The second-order valence-electron chi connectivity index (χ2n) is 3.90. The van der Waals surface area contributed by atoms with Crippen LogP contribution in [-0.4, -0.2) is 43.1 Å². The first-order chi connectivity index (χ1) is 6.93. The third-order valence-electron chi connectivity index (χ3n) is 2.30. The number of ether oxygens (including phenoxy) is 2. The summed E-state index contributed by atoms with van der Waals surface area (Å²) in [5, 5.41) is 13.0. The first-order valence-corrected chi connectivity index (χ1v) is 4.74. The summed E-state index contributed by atoms with van der Waals surface area (Å²) in [5.41, 5.74) is -1.86. The summed E-state index contributed by atoms with van der Waals surface area (Å²) in [6.07, 6.45) is 3.48. The Balaban J connectivity index is 2.88. The van der Waals surface area contributed by atoms with E-state index >= 15 is 0 Å². The molecule has 0 bridgehead atoms. The lowest BCUT2D eigenvalue weighted by Crippen LogP contribution is -2.49. The molecule has 86 valence electrons. The van der Waals surface area contributed by atoms with Crippen LogP contribution in [0.25, 0.3) is 0 Å². The minimum absolute atomic E-state index is 0.173. The van der Waals surface area contributed by atoms with E-state index in [0.717, 1.165) is 0 Å². The van der Waals surface area contributed by atoms with Gasteiger partial charge in [-0.2, -0.15) is 0 Å². The minimum Gasteiger partial charge on any atom is -0.381 e. The van der Waals surface area contributed by atoms with E-state index in [4.69, 9.17) is 9.47 Å². The fourth-order valence-corrected chi connectivity index (χ4v) is 1.31. The van der Waals surface area contributed by atoms with Gasteiger partial charge in [0.1, 0.15) is 11.4 Å². The van der Waals surface area contributed by atoms with Crippen molar-refractivity contribution < 1.29 is 14.6 Å².